The van der Waals surface area contributed by atoms with Gasteiger partial charge in [-0.05, 0) is 18.2 Å². The lowest BCUT2D eigenvalue weighted by Gasteiger charge is -2.27. The maximum atomic E-state index is 13.0. The molecule has 0 unspecified atom stereocenters. The number of aromatic nitrogens is 2. The Morgan fingerprint density at radius 1 is 1.25 bits per heavy atom. The van der Waals surface area contributed by atoms with E-state index in [4.69, 9.17) is 9.47 Å². The van der Waals surface area contributed by atoms with Crippen molar-refractivity contribution in [1.82, 2.24) is 14.5 Å². The third-order valence-electron chi connectivity index (χ3n) is 4.77. The number of anilines is 2. The van der Waals surface area contributed by atoms with Gasteiger partial charge in [0, 0.05) is 49.7 Å². The molecule has 0 spiro atoms. The number of halogens is 1. The molecule has 1 saturated heterocycles. The molecule has 0 bridgehead atoms. The zero-order valence-corrected chi connectivity index (χ0v) is 16.7. The Balaban J connectivity index is 0.00000225. The first-order chi connectivity index (χ1) is 13.2. The molecule has 3 aromatic rings. The van der Waals surface area contributed by atoms with E-state index in [1.807, 2.05) is 53.0 Å². The first-order valence-electron chi connectivity index (χ1n) is 8.89. The second-order valence-electron chi connectivity index (χ2n) is 6.47. The van der Waals surface area contributed by atoms with Crippen molar-refractivity contribution in [3.8, 4) is 5.75 Å². The van der Waals surface area contributed by atoms with Gasteiger partial charge in [-0.1, -0.05) is 6.07 Å². The number of carbonyl (C=O) groups is 1. The van der Waals surface area contributed by atoms with E-state index in [1.54, 1.807) is 13.3 Å². The van der Waals surface area contributed by atoms with E-state index in [1.165, 1.54) is 0 Å². The lowest BCUT2D eigenvalue weighted by molar-refractivity contribution is 0.0303. The SMILES string of the molecule is COc1cccc(Nc2ncc(C(=O)N3CCOCC3)c3c2ccn3C)c1.Cl. The Labute approximate surface area is 169 Å². The highest BCUT2D eigenvalue weighted by atomic mass is 35.5. The fourth-order valence-corrected chi connectivity index (χ4v) is 3.35. The van der Waals surface area contributed by atoms with Crippen LogP contribution in [0, 0.1) is 0 Å². The van der Waals surface area contributed by atoms with Gasteiger partial charge in [0.05, 0.1) is 31.4 Å². The molecule has 7 nitrogen and oxygen atoms in total. The summed E-state index contributed by atoms with van der Waals surface area (Å²) in [6.07, 6.45) is 3.60. The Hall–Kier alpha value is -2.77. The molecule has 1 N–H and O–H groups in total. The minimum atomic E-state index is -0.00877. The van der Waals surface area contributed by atoms with Gasteiger partial charge in [-0.3, -0.25) is 4.79 Å². The minimum Gasteiger partial charge on any atom is -0.497 e. The van der Waals surface area contributed by atoms with Crippen LogP contribution in [0.4, 0.5) is 11.5 Å². The Morgan fingerprint density at radius 3 is 2.79 bits per heavy atom. The molecule has 0 atom stereocenters. The number of nitrogens with zero attached hydrogens (tertiary/aromatic N) is 3. The highest BCUT2D eigenvalue weighted by molar-refractivity contribution is 6.08. The number of morpholine rings is 1. The summed E-state index contributed by atoms with van der Waals surface area (Å²) in [5.74, 6) is 1.46. The van der Waals surface area contributed by atoms with E-state index in [-0.39, 0.29) is 18.3 Å². The van der Waals surface area contributed by atoms with Gasteiger partial charge in [-0.2, -0.15) is 0 Å². The van der Waals surface area contributed by atoms with Crippen LogP contribution < -0.4 is 10.1 Å². The van der Waals surface area contributed by atoms with Gasteiger partial charge in [0.2, 0.25) is 0 Å². The van der Waals surface area contributed by atoms with Gasteiger partial charge in [0.1, 0.15) is 11.6 Å². The number of hydrogen-bond donors (Lipinski definition) is 1. The van der Waals surface area contributed by atoms with E-state index < -0.39 is 0 Å². The van der Waals surface area contributed by atoms with Crippen LogP contribution in [0.1, 0.15) is 10.4 Å². The summed E-state index contributed by atoms with van der Waals surface area (Å²) in [5, 5.41) is 4.23. The van der Waals surface area contributed by atoms with Gasteiger partial charge < -0.3 is 24.3 Å². The molecule has 28 heavy (non-hydrogen) atoms. The molecule has 148 valence electrons. The molecular weight excluding hydrogens is 380 g/mol. The zero-order chi connectivity index (χ0) is 18.8. The number of benzene rings is 1. The van der Waals surface area contributed by atoms with Gasteiger partial charge in [0.25, 0.3) is 5.91 Å². The number of rotatable bonds is 4. The number of fused-ring (bicyclic) bond motifs is 1. The van der Waals surface area contributed by atoms with Crippen molar-refractivity contribution in [3.05, 3.63) is 48.3 Å². The molecule has 0 saturated carbocycles. The molecular formula is C20H23ClN4O3. The first kappa shape index (κ1) is 20.0. The number of aryl methyl sites for hydroxylation is 1. The predicted octanol–water partition coefficient (Wildman–Crippen LogP) is 3.22. The van der Waals surface area contributed by atoms with Crippen LogP contribution in [0.25, 0.3) is 10.9 Å². The van der Waals surface area contributed by atoms with Crippen LogP contribution in [0.2, 0.25) is 0 Å². The average Bonchev–Trinajstić information content (AvgIpc) is 3.11. The number of methoxy groups -OCH3 is 1. The number of ether oxygens (including phenoxy) is 2. The number of pyridine rings is 1. The van der Waals surface area contributed by atoms with Crippen molar-refractivity contribution in [2.75, 3.05) is 38.7 Å². The van der Waals surface area contributed by atoms with E-state index >= 15 is 0 Å². The van der Waals surface area contributed by atoms with E-state index in [0.29, 0.717) is 37.7 Å². The van der Waals surface area contributed by atoms with Gasteiger partial charge >= 0.3 is 0 Å². The predicted molar refractivity (Wildman–Crippen MR) is 111 cm³/mol. The molecule has 1 aromatic carbocycles. The number of nitrogens with one attached hydrogen (secondary N) is 1. The maximum Gasteiger partial charge on any atom is 0.257 e. The number of carbonyl (C=O) groups excluding carboxylic acids is 1. The molecule has 1 aliphatic heterocycles. The molecule has 1 aliphatic rings. The van der Waals surface area contributed by atoms with Gasteiger partial charge in [-0.25, -0.2) is 4.98 Å². The Kier molecular flexibility index (Phi) is 6.06. The molecule has 1 amide bonds. The summed E-state index contributed by atoms with van der Waals surface area (Å²) in [5.41, 5.74) is 2.35. The second-order valence-corrected chi connectivity index (χ2v) is 6.47. The highest BCUT2D eigenvalue weighted by Gasteiger charge is 2.23. The van der Waals surface area contributed by atoms with Crippen molar-refractivity contribution in [2.24, 2.45) is 7.05 Å². The van der Waals surface area contributed by atoms with Crippen LogP contribution in [-0.4, -0.2) is 53.8 Å². The monoisotopic (exact) mass is 402 g/mol. The molecule has 1 fully saturated rings. The highest BCUT2D eigenvalue weighted by Crippen LogP contribution is 2.29. The molecule has 4 rings (SSSR count). The summed E-state index contributed by atoms with van der Waals surface area (Å²) in [4.78, 5) is 19.4. The van der Waals surface area contributed by atoms with Crippen LogP contribution in [0.15, 0.2) is 42.7 Å². The van der Waals surface area contributed by atoms with Crippen LogP contribution in [-0.2, 0) is 11.8 Å². The van der Waals surface area contributed by atoms with Crippen molar-refractivity contribution in [1.29, 1.82) is 0 Å². The lowest BCUT2D eigenvalue weighted by atomic mass is 10.1. The standard InChI is InChI=1S/C20H22N4O3.ClH/c1-23-7-6-16-18(23)17(20(25)24-8-10-27-11-9-24)13-21-19(16)22-14-4-3-5-15(12-14)26-2;/h3-7,12-13H,8-11H2,1-2H3,(H,21,22);1H. The second kappa shape index (κ2) is 8.50. The average molecular weight is 403 g/mol. The normalized spacial score (nSPS) is 13.9. The first-order valence-corrected chi connectivity index (χ1v) is 8.89. The zero-order valence-electron chi connectivity index (χ0n) is 15.8. The van der Waals surface area contributed by atoms with E-state index in [9.17, 15) is 4.79 Å². The third kappa shape index (κ3) is 3.76. The largest absolute Gasteiger partial charge is 0.497 e. The Morgan fingerprint density at radius 2 is 2.04 bits per heavy atom. The third-order valence-corrected chi connectivity index (χ3v) is 4.77. The summed E-state index contributed by atoms with van der Waals surface area (Å²) in [6, 6.07) is 9.64. The number of hydrogen-bond acceptors (Lipinski definition) is 5. The summed E-state index contributed by atoms with van der Waals surface area (Å²) in [7, 11) is 3.58. The summed E-state index contributed by atoms with van der Waals surface area (Å²) >= 11 is 0. The lowest BCUT2D eigenvalue weighted by Crippen LogP contribution is -2.40. The molecule has 0 radical (unpaired) electrons. The maximum absolute atomic E-state index is 13.0. The van der Waals surface area contributed by atoms with E-state index in [2.05, 4.69) is 10.3 Å². The molecule has 8 heteroatoms. The summed E-state index contributed by atoms with van der Waals surface area (Å²) < 4.78 is 12.6. The smallest absolute Gasteiger partial charge is 0.257 e. The van der Waals surface area contributed by atoms with Crippen LogP contribution in [0.5, 0.6) is 5.75 Å². The quantitative estimate of drug-likeness (QED) is 0.725. The van der Waals surface area contributed by atoms with Crippen LogP contribution >= 0.6 is 12.4 Å². The molecule has 3 heterocycles. The van der Waals surface area contributed by atoms with Crippen LogP contribution in [0.3, 0.4) is 0 Å². The van der Waals surface area contributed by atoms with Gasteiger partial charge in [-0.15, -0.1) is 12.4 Å². The van der Waals surface area contributed by atoms with Gasteiger partial charge in [0.15, 0.2) is 0 Å². The number of amides is 1. The van der Waals surface area contributed by atoms with Crippen molar-refractivity contribution >= 4 is 40.7 Å². The molecule has 0 aliphatic carbocycles. The topological polar surface area (TPSA) is 68.6 Å². The molecule has 2 aromatic heterocycles. The van der Waals surface area contributed by atoms with Crippen molar-refractivity contribution in [2.45, 2.75) is 0 Å². The fraction of sp³-hybridized carbons (Fsp3) is 0.300. The Bertz CT molecular complexity index is 983. The van der Waals surface area contributed by atoms with E-state index in [0.717, 1.165) is 22.3 Å². The van der Waals surface area contributed by atoms with Crippen molar-refractivity contribution in [3.63, 3.8) is 0 Å². The summed E-state index contributed by atoms with van der Waals surface area (Å²) in [6.45, 7) is 2.36. The fourth-order valence-electron chi connectivity index (χ4n) is 3.35. The van der Waals surface area contributed by atoms with Crippen molar-refractivity contribution < 1.29 is 14.3 Å². The minimum absolute atomic E-state index is 0.